The molecule has 0 aromatic rings. The van der Waals surface area contributed by atoms with Crippen LogP contribution in [-0.4, -0.2) is 93.0 Å². The van der Waals surface area contributed by atoms with Gasteiger partial charge in [0.25, 0.3) is 0 Å². The predicted octanol–water partition coefficient (Wildman–Crippen LogP) is -2.71. The zero-order chi connectivity index (χ0) is 17.7. The molecule has 0 radical (unpaired) electrons. The van der Waals surface area contributed by atoms with Gasteiger partial charge in [0.2, 0.25) is 0 Å². The Morgan fingerprint density at radius 3 is 1.05 bits per heavy atom. The van der Waals surface area contributed by atoms with Crippen molar-refractivity contribution in [2.24, 2.45) is 0 Å². The molecule has 126 valence electrons. The van der Waals surface area contributed by atoms with Crippen molar-refractivity contribution in [2.75, 3.05) is 32.7 Å². The number of carboxylic acids is 5. The lowest BCUT2D eigenvalue weighted by Crippen LogP contribution is -2.38. The van der Waals surface area contributed by atoms with Gasteiger partial charge in [-0.1, -0.05) is 0 Å². The average Bonchev–Trinajstić information content (AvgIpc) is 2.25. The van der Waals surface area contributed by atoms with Gasteiger partial charge in [-0.25, -0.2) is 0 Å². The van der Waals surface area contributed by atoms with Gasteiger partial charge in [0, 0.05) is 0 Å². The lowest BCUT2D eigenvalue weighted by molar-refractivity contribution is -0.145. The Kier molecular flexibility index (Phi) is 11.8. The first-order chi connectivity index (χ1) is 10.0. The van der Waals surface area contributed by atoms with Crippen LogP contribution >= 0.6 is 0 Å². The Labute approximate surface area is 123 Å². The van der Waals surface area contributed by atoms with Crippen molar-refractivity contribution in [2.45, 2.75) is 0 Å². The van der Waals surface area contributed by atoms with Crippen LogP contribution in [0, 0.1) is 0 Å². The van der Waals surface area contributed by atoms with E-state index in [0.717, 1.165) is 4.90 Å². The Balaban J connectivity index is 0. The van der Waals surface area contributed by atoms with E-state index >= 15 is 0 Å². The van der Waals surface area contributed by atoms with Crippen LogP contribution < -0.4 is 5.32 Å². The molecule has 0 spiro atoms. The van der Waals surface area contributed by atoms with E-state index in [1.165, 1.54) is 0 Å². The lowest BCUT2D eigenvalue weighted by atomic mass is 10.4. The predicted molar refractivity (Wildman–Crippen MR) is 67.5 cm³/mol. The molecule has 0 atom stereocenters. The van der Waals surface area contributed by atoms with Crippen molar-refractivity contribution >= 4 is 29.8 Å². The van der Waals surface area contributed by atoms with Crippen LogP contribution in [0.2, 0.25) is 0 Å². The second-order valence-electron chi connectivity index (χ2n) is 3.72. The Morgan fingerprint density at radius 1 is 0.591 bits per heavy atom. The van der Waals surface area contributed by atoms with Crippen molar-refractivity contribution in [3.63, 3.8) is 0 Å². The van der Waals surface area contributed by atoms with Gasteiger partial charge in [-0.05, 0) is 0 Å². The summed E-state index contributed by atoms with van der Waals surface area (Å²) in [5.41, 5.74) is 0. The molecule has 12 nitrogen and oxygen atoms in total. The minimum atomic E-state index is -1.26. The van der Waals surface area contributed by atoms with Gasteiger partial charge in [-0.2, -0.15) is 0 Å². The van der Waals surface area contributed by atoms with Crippen molar-refractivity contribution in [1.29, 1.82) is 0 Å². The van der Waals surface area contributed by atoms with Crippen molar-refractivity contribution in [3.8, 4) is 0 Å². The first-order valence-electron chi connectivity index (χ1n) is 5.56. The summed E-state index contributed by atoms with van der Waals surface area (Å²) in [6.45, 7) is -2.42. The van der Waals surface area contributed by atoms with Gasteiger partial charge in [0.05, 0.1) is 32.7 Å². The fourth-order valence-corrected chi connectivity index (χ4v) is 1.02. The Bertz CT molecular complexity index is 370. The molecule has 0 aromatic carbocycles. The topological polar surface area (TPSA) is 202 Å². The number of nitrogens with zero attached hydrogens (tertiary/aromatic N) is 1. The van der Waals surface area contributed by atoms with Gasteiger partial charge in [-0.15, -0.1) is 0 Å². The summed E-state index contributed by atoms with van der Waals surface area (Å²) in [5.74, 6) is -5.90. The fourth-order valence-electron chi connectivity index (χ4n) is 1.02. The number of carbonyl (C=O) groups is 5. The summed E-state index contributed by atoms with van der Waals surface area (Å²) in [7, 11) is 0. The molecule has 0 amide bonds. The molecule has 0 fully saturated rings. The number of carboxylic acid groups (broad SMARTS) is 5. The van der Waals surface area contributed by atoms with Crippen LogP contribution in [0.5, 0.6) is 0 Å². The summed E-state index contributed by atoms with van der Waals surface area (Å²) >= 11 is 0. The molecule has 12 heteroatoms. The molecule has 0 saturated carbocycles. The number of nitrogens with one attached hydrogen (secondary N) is 1. The van der Waals surface area contributed by atoms with E-state index in [-0.39, 0.29) is 13.1 Å². The number of hydrogen-bond donors (Lipinski definition) is 6. The average molecular weight is 324 g/mol. The van der Waals surface area contributed by atoms with Crippen LogP contribution in [0.1, 0.15) is 0 Å². The number of rotatable bonds is 10. The van der Waals surface area contributed by atoms with Gasteiger partial charge in [0.15, 0.2) is 0 Å². The molecular weight excluding hydrogens is 308 g/mol. The Morgan fingerprint density at radius 2 is 0.864 bits per heavy atom. The van der Waals surface area contributed by atoms with Crippen LogP contribution in [0.15, 0.2) is 0 Å². The quantitative estimate of drug-likeness (QED) is 0.243. The van der Waals surface area contributed by atoms with Gasteiger partial charge >= 0.3 is 29.8 Å². The van der Waals surface area contributed by atoms with Crippen LogP contribution in [0.3, 0.4) is 0 Å². The number of aliphatic carboxylic acids is 5. The molecule has 0 rings (SSSR count). The van der Waals surface area contributed by atoms with E-state index in [1.807, 2.05) is 0 Å². The molecule has 0 aliphatic rings. The van der Waals surface area contributed by atoms with Gasteiger partial charge in [0.1, 0.15) is 0 Å². The normalized spacial score (nSPS) is 9.50. The third-order valence-corrected chi connectivity index (χ3v) is 1.63. The maximum Gasteiger partial charge on any atom is 0.317 e. The van der Waals surface area contributed by atoms with Crippen molar-refractivity contribution < 1.29 is 49.5 Å². The smallest absolute Gasteiger partial charge is 0.317 e. The summed E-state index contributed by atoms with van der Waals surface area (Å²) < 4.78 is 0. The molecule has 22 heavy (non-hydrogen) atoms. The van der Waals surface area contributed by atoms with E-state index in [9.17, 15) is 24.0 Å². The van der Waals surface area contributed by atoms with E-state index in [0.29, 0.717) is 0 Å². The molecule has 0 aliphatic carbocycles. The summed E-state index contributed by atoms with van der Waals surface area (Å²) in [6.07, 6.45) is 0. The van der Waals surface area contributed by atoms with E-state index in [2.05, 4.69) is 5.32 Å². The van der Waals surface area contributed by atoms with Crippen LogP contribution in [0.25, 0.3) is 0 Å². The second-order valence-corrected chi connectivity index (χ2v) is 3.72. The summed E-state index contributed by atoms with van der Waals surface area (Å²) in [5, 5.41) is 43.0. The molecule has 0 unspecified atom stereocenters. The zero-order valence-electron chi connectivity index (χ0n) is 11.3. The maximum atomic E-state index is 10.1. The molecule has 0 aromatic heterocycles. The van der Waals surface area contributed by atoms with Crippen molar-refractivity contribution in [1.82, 2.24) is 10.2 Å². The highest BCUT2D eigenvalue weighted by Gasteiger charge is 2.15. The van der Waals surface area contributed by atoms with Crippen LogP contribution in [0.4, 0.5) is 0 Å². The third-order valence-electron chi connectivity index (χ3n) is 1.63. The summed E-state index contributed by atoms with van der Waals surface area (Å²) in [4.78, 5) is 50.7. The van der Waals surface area contributed by atoms with E-state index in [1.54, 1.807) is 0 Å². The minimum Gasteiger partial charge on any atom is -0.480 e. The highest BCUT2D eigenvalue weighted by Crippen LogP contribution is 1.87. The molecule has 0 bridgehead atoms. The molecule has 0 aliphatic heterocycles. The van der Waals surface area contributed by atoms with E-state index in [4.69, 9.17) is 25.5 Å². The van der Waals surface area contributed by atoms with E-state index < -0.39 is 49.5 Å². The highest BCUT2D eigenvalue weighted by molar-refractivity contribution is 5.75. The van der Waals surface area contributed by atoms with Crippen molar-refractivity contribution in [3.05, 3.63) is 0 Å². The van der Waals surface area contributed by atoms with Crippen LogP contribution in [-0.2, 0) is 24.0 Å². The second kappa shape index (κ2) is 12.0. The standard InChI is InChI=1S/C6H9NO6.C4H7NO4/c8-4(9)1-7(2-5(10)11)3-6(12)13;6-3(7)1-5-2-4(8)9/h1-3H2,(H,8,9)(H,10,11)(H,12,13);5H,1-2H2,(H,6,7)(H,8,9). The monoisotopic (exact) mass is 324 g/mol. The highest BCUT2D eigenvalue weighted by atomic mass is 16.4. The molecule has 6 N–H and O–H groups in total. The molecule has 0 saturated heterocycles. The van der Waals surface area contributed by atoms with Gasteiger partial charge in [-0.3, -0.25) is 34.2 Å². The van der Waals surface area contributed by atoms with Gasteiger partial charge < -0.3 is 25.5 Å². The largest absolute Gasteiger partial charge is 0.480 e. The first-order valence-corrected chi connectivity index (χ1v) is 5.56. The fraction of sp³-hybridized carbons (Fsp3) is 0.500. The molecule has 0 heterocycles. The lowest BCUT2D eigenvalue weighted by Gasteiger charge is -2.14. The Hall–Kier alpha value is -2.73. The molecular formula is C10H16N2O10. The maximum absolute atomic E-state index is 10.1. The first kappa shape index (κ1) is 21.6. The SMILES string of the molecule is O=C(O)CN(CC(=O)O)CC(=O)O.O=C(O)CNCC(=O)O. The third kappa shape index (κ3) is 19.6. The summed E-state index contributed by atoms with van der Waals surface area (Å²) in [6, 6.07) is 0. The number of hydrogen-bond acceptors (Lipinski definition) is 7. The zero-order valence-corrected chi connectivity index (χ0v) is 11.3. The minimum absolute atomic E-state index is 0.313.